The van der Waals surface area contributed by atoms with Gasteiger partial charge in [-0.2, -0.15) is 10.1 Å². The molecular formula is C18H17ClFN7O. The molecular weight excluding hydrogens is 385 g/mol. The fourth-order valence-corrected chi connectivity index (χ4v) is 3.05. The van der Waals surface area contributed by atoms with E-state index in [2.05, 4.69) is 25.7 Å². The minimum atomic E-state index is -0.751. The Bertz CT molecular complexity index is 1010. The van der Waals surface area contributed by atoms with Crippen LogP contribution in [0.1, 0.15) is 35.7 Å². The van der Waals surface area contributed by atoms with Gasteiger partial charge in [0.05, 0.1) is 28.6 Å². The maximum absolute atomic E-state index is 14.1. The fourth-order valence-electron chi connectivity index (χ4n) is 2.84. The van der Waals surface area contributed by atoms with Crippen molar-refractivity contribution in [1.82, 2.24) is 19.7 Å². The largest absolute Gasteiger partial charge is 0.365 e. The molecule has 1 fully saturated rings. The third-order valence-electron chi connectivity index (χ3n) is 4.57. The molecule has 3 aromatic rings. The second kappa shape index (κ2) is 7.43. The highest BCUT2D eigenvalue weighted by Crippen LogP contribution is 2.32. The maximum Gasteiger partial charge on any atom is 0.254 e. The standard InChI is InChI=1S/C18H17ClFN7O/c19-13-5-2-6-14(20)15(13)25-17-12(16(21)28)8-22-18(26-17)24-10-7-23-27(9-10)11-3-1-4-11/h2,5-9,11H,1,3-4H2,(H2,21,28)(H2,22,24,25,26). The monoisotopic (exact) mass is 401 g/mol. The molecule has 0 atom stereocenters. The van der Waals surface area contributed by atoms with Crippen LogP contribution < -0.4 is 16.4 Å². The zero-order chi connectivity index (χ0) is 19.7. The Balaban J connectivity index is 1.61. The average molecular weight is 402 g/mol. The van der Waals surface area contributed by atoms with E-state index in [9.17, 15) is 9.18 Å². The number of carbonyl (C=O) groups is 1. The van der Waals surface area contributed by atoms with E-state index in [0.29, 0.717) is 11.7 Å². The number of amides is 1. The van der Waals surface area contributed by atoms with Gasteiger partial charge >= 0.3 is 0 Å². The molecule has 2 heterocycles. The first kappa shape index (κ1) is 18.2. The van der Waals surface area contributed by atoms with Gasteiger partial charge in [-0.15, -0.1) is 0 Å². The smallest absolute Gasteiger partial charge is 0.254 e. The van der Waals surface area contributed by atoms with Crippen molar-refractivity contribution >= 4 is 40.6 Å². The molecule has 0 unspecified atom stereocenters. The molecule has 1 aromatic carbocycles. The predicted octanol–water partition coefficient (Wildman–Crippen LogP) is 3.78. The van der Waals surface area contributed by atoms with Gasteiger partial charge in [0.15, 0.2) is 0 Å². The number of benzene rings is 1. The second-order valence-electron chi connectivity index (χ2n) is 6.46. The van der Waals surface area contributed by atoms with Crippen molar-refractivity contribution in [2.24, 2.45) is 5.73 Å². The van der Waals surface area contributed by atoms with Gasteiger partial charge in [-0.05, 0) is 31.4 Å². The van der Waals surface area contributed by atoms with Crippen LogP contribution in [0.15, 0.2) is 36.8 Å². The zero-order valence-corrected chi connectivity index (χ0v) is 15.4. The number of hydrogen-bond acceptors (Lipinski definition) is 6. The van der Waals surface area contributed by atoms with Crippen LogP contribution in [0, 0.1) is 5.82 Å². The number of anilines is 4. The van der Waals surface area contributed by atoms with Gasteiger partial charge in [0.1, 0.15) is 17.2 Å². The van der Waals surface area contributed by atoms with Gasteiger partial charge in [0.25, 0.3) is 5.91 Å². The van der Waals surface area contributed by atoms with Crippen LogP contribution in [0.4, 0.5) is 27.5 Å². The van der Waals surface area contributed by atoms with Crippen LogP contribution in [0.3, 0.4) is 0 Å². The third-order valence-corrected chi connectivity index (χ3v) is 4.88. The minimum absolute atomic E-state index is 0.00544. The van der Waals surface area contributed by atoms with Crippen LogP contribution in [-0.2, 0) is 0 Å². The number of nitrogens with two attached hydrogens (primary N) is 1. The summed E-state index contributed by atoms with van der Waals surface area (Å²) in [6.45, 7) is 0. The van der Waals surface area contributed by atoms with Crippen LogP contribution in [0.2, 0.25) is 5.02 Å². The number of nitrogens with one attached hydrogen (secondary N) is 2. The van der Waals surface area contributed by atoms with Gasteiger partial charge in [-0.25, -0.2) is 9.37 Å². The summed E-state index contributed by atoms with van der Waals surface area (Å²) in [4.78, 5) is 20.1. The molecule has 1 aliphatic rings. The number of para-hydroxylation sites is 1. The summed E-state index contributed by atoms with van der Waals surface area (Å²) >= 11 is 6.04. The summed E-state index contributed by atoms with van der Waals surface area (Å²) < 4.78 is 16.0. The molecule has 1 aliphatic carbocycles. The van der Waals surface area contributed by atoms with Crippen molar-refractivity contribution in [2.45, 2.75) is 25.3 Å². The van der Waals surface area contributed by atoms with E-state index in [0.717, 1.165) is 12.8 Å². The predicted molar refractivity (Wildman–Crippen MR) is 104 cm³/mol. The average Bonchev–Trinajstić information content (AvgIpc) is 3.04. The van der Waals surface area contributed by atoms with Gasteiger partial charge < -0.3 is 16.4 Å². The van der Waals surface area contributed by atoms with Gasteiger partial charge in [-0.3, -0.25) is 9.48 Å². The highest BCUT2D eigenvalue weighted by Gasteiger charge is 2.20. The lowest BCUT2D eigenvalue weighted by Gasteiger charge is -2.25. The Hall–Kier alpha value is -3.20. The SMILES string of the molecule is NC(=O)c1cnc(Nc2cnn(C3CCC3)c2)nc1Nc1c(F)cccc1Cl. The molecule has 0 aliphatic heterocycles. The van der Waals surface area contributed by atoms with Crippen LogP contribution in [0.5, 0.6) is 0 Å². The van der Waals surface area contributed by atoms with Gasteiger partial charge in [-0.1, -0.05) is 17.7 Å². The number of halogens is 2. The molecule has 0 radical (unpaired) electrons. The van der Waals surface area contributed by atoms with Crippen molar-refractivity contribution in [1.29, 1.82) is 0 Å². The van der Waals surface area contributed by atoms with Crippen LogP contribution >= 0.6 is 11.6 Å². The van der Waals surface area contributed by atoms with E-state index in [1.165, 1.54) is 30.8 Å². The Morgan fingerprint density at radius 2 is 2.11 bits per heavy atom. The molecule has 28 heavy (non-hydrogen) atoms. The van der Waals surface area contributed by atoms with Crippen molar-refractivity contribution in [3.63, 3.8) is 0 Å². The molecule has 4 rings (SSSR count). The molecule has 8 nitrogen and oxygen atoms in total. The highest BCUT2D eigenvalue weighted by molar-refractivity contribution is 6.33. The van der Waals surface area contributed by atoms with Crippen molar-refractivity contribution in [3.05, 3.63) is 53.2 Å². The highest BCUT2D eigenvalue weighted by atomic mass is 35.5. The molecule has 0 bridgehead atoms. The number of primary amides is 1. The number of aromatic nitrogens is 4. The second-order valence-corrected chi connectivity index (χ2v) is 6.87. The molecule has 4 N–H and O–H groups in total. The van der Waals surface area contributed by atoms with E-state index >= 15 is 0 Å². The molecule has 0 spiro atoms. The first-order chi connectivity index (χ1) is 13.5. The normalized spacial score (nSPS) is 13.8. The molecule has 1 saturated carbocycles. The lowest BCUT2D eigenvalue weighted by atomic mass is 9.93. The van der Waals surface area contributed by atoms with Crippen molar-refractivity contribution in [2.75, 3.05) is 10.6 Å². The topological polar surface area (TPSA) is 111 Å². The summed E-state index contributed by atoms with van der Waals surface area (Å²) in [5, 5.41) is 10.2. The van der Waals surface area contributed by atoms with Crippen LogP contribution in [-0.4, -0.2) is 25.7 Å². The Morgan fingerprint density at radius 1 is 1.29 bits per heavy atom. The first-order valence-electron chi connectivity index (χ1n) is 8.70. The Labute approximate surface area is 164 Å². The number of nitrogens with zero attached hydrogens (tertiary/aromatic N) is 4. The molecule has 2 aromatic heterocycles. The van der Waals surface area contributed by atoms with E-state index in [1.807, 2.05) is 10.9 Å². The fraction of sp³-hybridized carbons (Fsp3) is 0.222. The van der Waals surface area contributed by atoms with E-state index in [1.54, 1.807) is 6.20 Å². The summed E-state index contributed by atoms with van der Waals surface area (Å²) in [7, 11) is 0. The number of hydrogen-bond donors (Lipinski definition) is 3. The molecule has 1 amide bonds. The lowest BCUT2D eigenvalue weighted by Crippen LogP contribution is -2.17. The molecule has 10 heteroatoms. The number of carbonyl (C=O) groups excluding carboxylic acids is 1. The maximum atomic E-state index is 14.1. The van der Waals surface area contributed by atoms with Crippen LogP contribution in [0.25, 0.3) is 0 Å². The van der Waals surface area contributed by atoms with E-state index in [-0.39, 0.29) is 28.0 Å². The third kappa shape index (κ3) is 3.61. The minimum Gasteiger partial charge on any atom is -0.365 e. The van der Waals surface area contributed by atoms with Gasteiger partial charge in [0.2, 0.25) is 5.95 Å². The summed E-state index contributed by atoms with van der Waals surface area (Å²) in [5.41, 5.74) is 6.09. The summed E-state index contributed by atoms with van der Waals surface area (Å²) in [6, 6.07) is 4.67. The van der Waals surface area contributed by atoms with Gasteiger partial charge in [0, 0.05) is 12.4 Å². The quantitative estimate of drug-likeness (QED) is 0.579. The van der Waals surface area contributed by atoms with E-state index < -0.39 is 11.7 Å². The van der Waals surface area contributed by atoms with Crippen molar-refractivity contribution < 1.29 is 9.18 Å². The Morgan fingerprint density at radius 3 is 2.79 bits per heavy atom. The summed E-state index contributed by atoms with van der Waals surface area (Å²) in [6.07, 6.45) is 8.25. The lowest BCUT2D eigenvalue weighted by molar-refractivity contribution is 0.100. The summed E-state index contributed by atoms with van der Waals surface area (Å²) in [5.74, 6) is -1.09. The molecule has 144 valence electrons. The molecule has 0 saturated heterocycles. The number of rotatable bonds is 6. The first-order valence-corrected chi connectivity index (χ1v) is 9.08. The zero-order valence-electron chi connectivity index (χ0n) is 14.7. The van der Waals surface area contributed by atoms with Crippen molar-refractivity contribution in [3.8, 4) is 0 Å². The Kier molecular flexibility index (Phi) is 4.82. The van der Waals surface area contributed by atoms with E-state index in [4.69, 9.17) is 17.3 Å².